The van der Waals surface area contributed by atoms with Crippen LogP contribution in [0.1, 0.15) is 175 Å². The number of hydrogen-bond donors (Lipinski definition) is 0. The lowest BCUT2D eigenvalue weighted by molar-refractivity contribution is -0.167. The first-order chi connectivity index (χ1) is 29.0. The third kappa shape index (κ3) is 44.8. The molecule has 1 atom stereocenters. The van der Waals surface area contributed by atoms with Crippen molar-refractivity contribution in [3.63, 3.8) is 0 Å². The Hall–Kier alpha value is -4.19. The topological polar surface area (TPSA) is 78.9 Å². The average molecular weight is 815 g/mol. The fraction of sp³-hybridized carbons (Fsp3) is 0.566. The van der Waals surface area contributed by atoms with Crippen molar-refractivity contribution in [2.24, 2.45) is 0 Å². The summed E-state index contributed by atoms with van der Waals surface area (Å²) < 4.78 is 16.6. The summed E-state index contributed by atoms with van der Waals surface area (Å²) in [6.45, 7) is 6.20. The number of esters is 3. The first kappa shape index (κ1) is 54.8. The van der Waals surface area contributed by atoms with Crippen molar-refractivity contribution in [2.75, 3.05) is 13.2 Å². The maximum atomic E-state index is 12.7. The van der Waals surface area contributed by atoms with Gasteiger partial charge in [0, 0.05) is 19.3 Å². The second kappa shape index (κ2) is 46.5. The lowest BCUT2D eigenvalue weighted by Gasteiger charge is -2.18. The van der Waals surface area contributed by atoms with Gasteiger partial charge in [0.05, 0.1) is 0 Å². The highest BCUT2D eigenvalue weighted by Gasteiger charge is 2.19. The Labute approximate surface area is 361 Å². The van der Waals surface area contributed by atoms with E-state index in [-0.39, 0.29) is 37.5 Å². The van der Waals surface area contributed by atoms with Crippen molar-refractivity contribution in [3.05, 3.63) is 122 Å². The SMILES string of the molecule is CC/C=C\C/C=C\C/C=C\CCCCCCC(=O)OC(COC(=O)CCCC/C=C\C/C=C\CC)COC(=O)CCCCCCC\C=C/C=C\C=C/C=C\C=C/CCC. The molecule has 330 valence electrons. The van der Waals surface area contributed by atoms with Crippen molar-refractivity contribution in [1.82, 2.24) is 0 Å². The predicted octanol–water partition coefficient (Wildman–Crippen LogP) is 15.0. The number of rotatable bonds is 39. The molecule has 0 radical (unpaired) electrons. The highest BCUT2D eigenvalue weighted by molar-refractivity contribution is 5.71. The minimum absolute atomic E-state index is 0.115. The zero-order valence-corrected chi connectivity index (χ0v) is 37.5. The van der Waals surface area contributed by atoms with Crippen molar-refractivity contribution in [3.8, 4) is 0 Å². The molecular formula is C53H82O6. The van der Waals surface area contributed by atoms with Crippen LogP contribution in [0.15, 0.2) is 122 Å². The van der Waals surface area contributed by atoms with Crippen LogP contribution in [0.25, 0.3) is 0 Å². The fourth-order valence-electron chi connectivity index (χ4n) is 5.64. The van der Waals surface area contributed by atoms with Crippen molar-refractivity contribution >= 4 is 17.9 Å². The first-order valence-corrected chi connectivity index (χ1v) is 23.1. The Morgan fingerprint density at radius 2 is 0.729 bits per heavy atom. The summed E-state index contributed by atoms with van der Waals surface area (Å²) in [5.74, 6) is -1.01. The van der Waals surface area contributed by atoms with Crippen molar-refractivity contribution in [1.29, 1.82) is 0 Å². The minimum Gasteiger partial charge on any atom is -0.462 e. The maximum absolute atomic E-state index is 12.7. The van der Waals surface area contributed by atoms with Gasteiger partial charge in [0.2, 0.25) is 0 Å². The van der Waals surface area contributed by atoms with Crippen LogP contribution >= 0.6 is 0 Å². The molecule has 59 heavy (non-hydrogen) atoms. The molecule has 0 bridgehead atoms. The van der Waals surface area contributed by atoms with E-state index in [1.54, 1.807) is 0 Å². The van der Waals surface area contributed by atoms with Crippen LogP contribution in [0.4, 0.5) is 0 Å². The fourth-order valence-corrected chi connectivity index (χ4v) is 5.64. The molecule has 0 aliphatic heterocycles. The Balaban J connectivity index is 4.49. The number of carbonyl (C=O) groups is 3. The molecular weight excluding hydrogens is 733 g/mol. The number of ether oxygens (including phenoxy) is 3. The van der Waals surface area contributed by atoms with Gasteiger partial charge in [0.15, 0.2) is 6.10 Å². The summed E-state index contributed by atoms with van der Waals surface area (Å²) in [7, 11) is 0. The van der Waals surface area contributed by atoms with Crippen LogP contribution in [0.3, 0.4) is 0 Å². The molecule has 0 aliphatic rings. The monoisotopic (exact) mass is 815 g/mol. The Kier molecular flexibility index (Phi) is 43.2. The highest BCUT2D eigenvalue weighted by Crippen LogP contribution is 2.12. The number of allylic oxidation sites excluding steroid dienone is 20. The Bertz CT molecular complexity index is 1300. The molecule has 6 heteroatoms. The zero-order valence-electron chi connectivity index (χ0n) is 37.5. The summed E-state index contributed by atoms with van der Waals surface area (Å²) >= 11 is 0. The van der Waals surface area contributed by atoms with Gasteiger partial charge in [-0.05, 0) is 96.3 Å². The molecule has 0 rings (SSSR count). The van der Waals surface area contributed by atoms with Crippen LogP contribution in [-0.2, 0) is 28.6 Å². The van der Waals surface area contributed by atoms with E-state index in [2.05, 4.69) is 106 Å². The van der Waals surface area contributed by atoms with E-state index in [1.807, 2.05) is 36.5 Å². The Morgan fingerprint density at radius 1 is 0.373 bits per heavy atom. The third-order valence-electron chi connectivity index (χ3n) is 9.04. The van der Waals surface area contributed by atoms with E-state index < -0.39 is 6.10 Å². The van der Waals surface area contributed by atoms with Crippen LogP contribution in [0.5, 0.6) is 0 Å². The highest BCUT2D eigenvalue weighted by atomic mass is 16.6. The molecule has 6 nitrogen and oxygen atoms in total. The van der Waals surface area contributed by atoms with Gasteiger partial charge in [0.25, 0.3) is 0 Å². The third-order valence-corrected chi connectivity index (χ3v) is 9.04. The van der Waals surface area contributed by atoms with E-state index in [0.717, 1.165) is 128 Å². The largest absolute Gasteiger partial charge is 0.462 e. The second-order valence-electron chi connectivity index (χ2n) is 14.7. The molecule has 1 unspecified atom stereocenters. The predicted molar refractivity (Wildman–Crippen MR) is 251 cm³/mol. The van der Waals surface area contributed by atoms with Gasteiger partial charge in [-0.1, -0.05) is 181 Å². The van der Waals surface area contributed by atoms with E-state index in [4.69, 9.17) is 14.2 Å². The standard InChI is InChI=1S/C53H82O6/c1-4-7-10-13-16-19-21-23-25-26-27-28-30-31-34-37-40-43-46-52(55)58-49-50(48-57-51(54)45-42-39-36-33-18-15-12-9-6-3)59-53(56)47-44-41-38-35-32-29-24-22-20-17-14-11-8-5-2/h8-13,16-21,23-29,33,50H,4-7,14-15,22,30-32,34-49H2,1-3H3/b11-8-,12-9-,13-10-,19-16-,20-17-,23-21-,26-25-,28-27-,29-24-,33-18-. The van der Waals surface area contributed by atoms with Gasteiger partial charge in [0.1, 0.15) is 13.2 Å². The molecule has 0 aliphatic carbocycles. The number of hydrogen-bond acceptors (Lipinski definition) is 6. The van der Waals surface area contributed by atoms with Crippen LogP contribution < -0.4 is 0 Å². The lowest BCUT2D eigenvalue weighted by atomic mass is 10.1. The molecule has 0 saturated carbocycles. The molecule has 0 fully saturated rings. The van der Waals surface area contributed by atoms with Crippen LogP contribution in [0, 0.1) is 0 Å². The lowest BCUT2D eigenvalue weighted by Crippen LogP contribution is -2.30. The summed E-state index contributed by atoms with van der Waals surface area (Å²) in [4.78, 5) is 37.7. The second-order valence-corrected chi connectivity index (χ2v) is 14.7. The van der Waals surface area contributed by atoms with Crippen LogP contribution in [-0.4, -0.2) is 37.2 Å². The first-order valence-electron chi connectivity index (χ1n) is 23.1. The molecule has 0 aromatic carbocycles. The van der Waals surface area contributed by atoms with Gasteiger partial charge in [-0.25, -0.2) is 0 Å². The molecule has 0 amide bonds. The van der Waals surface area contributed by atoms with E-state index in [0.29, 0.717) is 12.8 Å². The maximum Gasteiger partial charge on any atom is 0.306 e. The van der Waals surface area contributed by atoms with Crippen molar-refractivity contribution < 1.29 is 28.6 Å². The molecule has 0 saturated heterocycles. The minimum atomic E-state index is -0.815. The van der Waals surface area contributed by atoms with Gasteiger partial charge in [-0.2, -0.15) is 0 Å². The molecule has 0 heterocycles. The summed E-state index contributed by atoms with van der Waals surface area (Å²) in [5.41, 5.74) is 0. The quantitative estimate of drug-likeness (QED) is 0.0202. The average Bonchev–Trinajstić information content (AvgIpc) is 3.23. The van der Waals surface area contributed by atoms with E-state index >= 15 is 0 Å². The van der Waals surface area contributed by atoms with Gasteiger partial charge in [-0.15, -0.1) is 0 Å². The summed E-state index contributed by atoms with van der Waals surface area (Å²) in [6.07, 6.45) is 63.3. The molecule has 0 aromatic rings. The van der Waals surface area contributed by atoms with E-state index in [1.165, 1.54) is 6.42 Å². The Morgan fingerprint density at radius 3 is 1.22 bits per heavy atom. The van der Waals surface area contributed by atoms with Crippen molar-refractivity contribution in [2.45, 2.75) is 181 Å². The number of unbranched alkanes of at least 4 members (excludes halogenated alkanes) is 12. The number of carbonyl (C=O) groups excluding carboxylic acids is 3. The van der Waals surface area contributed by atoms with Gasteiger partial charge < -0.3 is 14.2 Å². The zero-order chi connectivity index (χ0) is 43.0. The van der Waals surface area contributed by atoms with E-state index in [9.17, 15) is 14.4 Å². The van der Waals surface area contributed by atoms with Crippen LogP contribution in [0.2, 0.25) is 0 Å². The molecule has 0 aromatic heterocycles. The normalized spacial score (nSPS) is 13.2. The molecule has 0 N–H and O–H groups in total. The van der Waals surface area contributed by atoms with Gasteiger partial charge in [-0.3, -0.25) is 14.4 Å². The molecule has 0 spiro atoms. The van der Waals surface area contributed by atoms with Gasteiger partial charge >= 0.3 is 17.9 Å². The smallest absolute Gasteiger partial charge is 0.306 e. The summed E-state index contributed by atoms with van der Waals surface area (Å²) in [6, 6.07) is 0. The summed E-state index contributed by atoms with van der Waals surface area (Å²) in [5, 5.41) is 0.